The number of anilines is 1. The summed E-state index contributed by atoms with van der Waals surface area (Å²) in [6, 6.07) is 14.3. The quantitative estimate of drug-likeness (QED) is 0.325. The van der Waals surface area contributed by atoms with Crippen LogP contribution in [0.3, 0.4) is 0 Å². The van der Waals surface area contributed by atoms with Crippen LogP contribution in [0.25, 0.3) is 0 Å². The Bertz CT molecular complexity index is 732. The fraction of sp³-hybridized carbons (Fsp3) is 0.450. The lowest BCUT2D eigenvalue weighted by Gasteiger charge is -2.33. The average Bonchev–Trinajstić information content (AvgIpc) is 3.24. The first-order valence-electron chi connectivity index (χ1n) is 9.53. The van der Waals surface area contributed by atoms with E-state index in [1.807, 2.05) is 30.3 Å². The molecule has 1 aromatic carbocycles. The minimum absolute atomic E-state index is 0. The summed E-state index contributed by atoms with van der Waals surface area (Å²) < 4.78 is 12.3. The number of nitrogens with one attached hydrogen (secondary N) is 2. The van der Waals surface area contributed by atoms with E-state index in [9.17, 15) is 4.21 Å². The number of piperidine rings is 1. The molecule has 8 heteroatoms. The highest BCUT2D eigenvalue weighted by Gasteiger charge is 2.20. The SMILES string of the molecule is CCNC(=NCCS(=O)c1ccccc1)NC1CCN(c2cccs2)CC1.I. The first-order valence-corrected chi connectivity index (χ1v) is 11.7. The average molecular weight is 533 g/mol. The molecule has 1 aliphatic rings. The highest BCUT2D eigenvalue weighted by atomic mass is 127. The number of benzene rings is 1. The minimum Gasteiger partial charge on any atom is -0.363 e. The van der Waals surface area contributed by atoms with Crippen molar-refractivity contribution < 1.29 is 4.21 Å². The Morgan fingerprint density at radius 1 is 1.21 bits per heavy atom. The second-order valence-electron chi connectivity index (χ2n) is 6.48. The lowest BCUT2D eigenvalue weighted by Crippen LogP contribution is -2.48. The Morgan fingerprint density at radius 3 is 2.61 bits per heavy atom. The van der Waals surface area contributed by atoms with Crippen molar-refractivity contribution in [1.29, 1.82) is 0 Å². The van der Waals surface area contributed by atoms with Gasteiger partial charge in [0.15, 0.2) is 5.96 Å². The zero-order chi connectivity index (χ0) is 18.9. The summed E-state index contributed by atoms with van der Waals surface area (Å²) in [5.41, 5.74) is 0. The van der Waals surface area contributed by atoms with Crippen LogP contribution in [0, 0.1) is 0 Å². The molecule has 28 heavy (non-hydrogen) atoms. The summed E-state index contributed by atoms with van der Waals surface area (Å²) in [5, 5.41) is 10.4. The number of nitrogens with zero attached hydrogens (tertiary/aromatic N) is 2. The molecular weight excluding hydrogens is 503 g/mol. The van der Waals surface area contributed by atoms with E-state index in [1.54, 1.807) is 11.3 Å². The molecular formula is C20H29IN4OS2. The summed E-state index contributed by atoms with van der Waals surface area (Å²) in [6.07, 6.45) is 2.19. The molecule has 3 rings (SSSR count). The maximum atomic E-state index is 12.3. The van der Waals surface area contributed by atoms with E-state index < -0.39 is 10.8 Å². The second-order valence-corrected chi connectivity index (χ2v) is 8.98. The zero-order valence-electron chi connectivity index (χ0n) is 16.2. The summed E-state index contributed by atoms with van der Waals surface area (Å²) in [5.74, 6) is 1.37. The Balaban J connectivity index is 0.00000280. The van der Waals surface area contributed by atoms with Gasteiger partial charge >= 0.3 is 0 Å². The second kappa shape index (κ2) is 12.4. The Hall–Kier alpha value is -1.13. The lowest BCUT2D eigenvalue weighted by molar-refractivity contribution is 0.463. The third kappa shape index (κ3) is 7.04. The van der Waals surface area contributed by atoms with Crippen LogP contribution >= 0.6 is 35.3 Å². The van der Waals surface area contributed by atoms with Crippen LogP contribution in [-0.2, 0) is 10.8 Å². The number of halogens is 1. The molecule has 2 aromatic rings. The fourth-order valence-corrected chi connectivity index (χ4v) is 4.88. The molecule has 1 unspecified atom stereocenters. The van der Waals surface area contributed by atoms with Crippen molar-refractivity contribution in [1.82, 2.24) is 10.6 Å². The summed E-state index contributed by atoms with van der Waals surface area (Å²) in [7, 11) is -1.00. The maximum absolute atomic E-state index is 12.3. The molecule has 0 amide bonds. The van der Waals surface area contributed by atoms with Gasteiger partial charge in [0.25, 0.3) is 0 Å². The third-order valence-electron chi connectivity index (χ3n) is 4.55. The van der Waals surface area contributed by atoms with Gasteiger partial charge in [-0.3, -0.25) is 9.20 Å². The number of thiophene rings is 1. The number of hydrogen-bond donors (Lipinski definition) is 2. The van der Waals surface area contributed by atoms with Gasteiger partial charge in [0.1, 0.15) is 0 Å². The van der Waals surface area contributed by atoms with Gasteiger partial charge in [0.2, 0.25) is 0 Å². The summed E-state index contributed by atoms with van der Waals surface area (Å²) in [4.78, 5) is 7.95. The van der Waals surface area contributed by atoms with Crippen molar-refractivity contribution in [3.8, 4) is 0 Å². The fourth-order valence-electron chi connectivity index (χ4n) is 3.14. The molecule has 1 aromatic heterocycles. The van der Waals surface area contributed by atoms with E-state index in [1.165, 1.54) is 5.00 Å². The predicted octanol–water partition coefficient (Wildman–Crippen LogP) is 3.70. The van der Waals surface area contributed by atoms with Gasteiger partial charge in [0, 0.05) is 36.3 Å². The topological polar surface area (TPSA) is 56.7 Å². The molecule has 1 fully saturated rings. The monoisotopic (exact) mass is 532 g/mol. The Morgan fingerprint density at radius 2 is 1.96 bits per heavy atom. The van der Waals surface area contributed by atoms with Crippen molar-refractivity contribution in [2.75, 3.05) is 36.8 Å². The van der Waals surface area contributed by atoms with Crippen LogP contribution in [0.5, 0.6) is 0 Å². The molecule has 1 aliphatic heterocycles. The van der Waals surface area contributed by atoms with Crippen molar-refractivity contribution in [2.24, 2.45) is 4.99 Å². The molecule has 0 saturated carbocycles. The van der Waals surface area contributed by atoms with Gasteiger partial charge in [-0.15, -0.1) is 35.3 Å². The summed E-state index contributed by atoms with van der Waals surface area (Å²) >= 11 is 1.81. The molecule has 0 bridgehead atoms. The van der Waals surface area contributed by atoms with Crippen molar-refractivity contribution in [3.05, 3.63) is 47.8 Å². The maximum Gasteiger partial charge on any atom is 0.191 e. The van der Waals surface area contributed by atoms with Crippen LogP contribution < -0.4 is 15.5 Å². The van der Waals surface area contributed by atoms with Crippen molar-refractivity contribution in [3.63, 3.8) is 0 Å². The van der Waals surface area contributed by atoms with Crippen LogP contribution in [0.2, 0.25) is 0 Å². The third-order valence-corrected chi connectivity index (χ3v) is 6.83. The van der Waals surface area contributed by atoms with E-state index in [2.05, 4.69) is 45.0 Å². The molecule has 0 spiro atoms. The van der Waals surface area contributed by atoms with E-state index in [4.69, 9.17) is 0 Å². The molecule has 0 aliphatic carbocycles. The number of guanidine groups is 1. The molecule has 154 valence electrons. The lowest BCUT2D eigenvalue weighted by atomic mass is 10.1. The van der Waals surface area contributed by atoms with E-state index in [0.29, 0.717) is 18.3 Å². The van der Waals surface area contributed by atoms with Crippen LogP contribution in [-0.4, -0.2) is 48.1 Å². The van der Waals surface area contributed by atoms with Crippen molar-refractivity contribution in [2.45, 2.75) is 30.7 Å². The largest absolute Gasteiger partial charge is 0.363 e. The first-order chi connectivity index (χ1) is 13.3. The van der Waals surface area contributed by atoms with Gasteiger partial charge in [-0.2, -0.15) is 0 Å². The number of hydrogen-bond acceptors (Lipinski definition) is 4. The van der Waals surface area contributed by atoms with E-state index in [0.717, 1.165) is 43.3 Å². The zero-order valence-corrected chi connectivity index (χ0v) is 20.1. The number of aliphatic imine (C=N–C) groups is 1. The van der Waals surface area contributed by atoms with Gasteiger partial charge < -0.3 is 15.5 Å². The first kappa shape index (κ1) is 23.2. The smallest absolute Gasteiger partial charge is 0.191 e. The van der Waals surface area contributed by atoms with Crippen LogP contribution in [0.4, 0.5) is 5.00 Å². The molecule has 5 nitrogen and oxygen atoms in total. The predicted molar refractivity (Wildman–Crippen MR) is 132 cm³/mol. The van der Waals surface area contributed by atoms with Crippen LogP contribution in [0.1, 0.15) is 19.8 Å². The molecule has 1 atom stereocenters. The molecule has 2 N–H and O–H groups in total. The van der Waals surface area contributed by atoms with Gasteiger partial charge in [-0.25, -0.2) is 0 Å². The highest BCUT2D eigenvalue weighted by molar-refractivity contribution is 14.0. The number of rotatable bonds is 7. The molecule has 0 radical (unpaired) electrons. The van der Waals surface area contributed by atoms with Gasteiger partial charge in [-0.1, -0.05) is 18.2 Å². The van der Waals surface area contributed by atoms with E-state index >= 15 is 0 Å². The Kier molecular flexibility index (Phi) is 10.3. The standard InChI is InChI=1S/C20H28N4OS2.HI/c1-2-21-20(22-12-16-27(25)18-7-4-3-5-8-18)23-17-10-13-24(14-11-17)19-9-6-15-26-19;/h3-9,15,17H,2,10-14,16H2,1H3,(H2,21,22,23);1H. The van der Waals surface area contributed by atoms with Crippen molar-refractivity contribution >= 4 is 57.1 Å². The van der Waals surface area contributed by atoms with E-state index in [-0.39, 0.29) is 24.0 Å². The highest BCUT2D eigenvalue weighted by Crippen LogP contribution is 2.24. The van der Waals surface area contributed by atoms with Gasteiger partial charge in [0.05, 0.1) is 22.3 Å². The van der Waals surface area contributed by atoms with Crippen LogP contribution in [0.15, 0.2) is 57.7 Å². The minimum atomic E-state index is -1.00. The summed E-state index contributed by atoms with van der Waals surface area (Å²) in [6.45, 7) is 5.57. The molecule has 2 heterocycles. The Labute approximate surface area is 191 Å². The molecule has 1 saturated heterocycles. The normalized spacial score (nSPS) is 16.3. The van der Waals surface area contributed by atoms with Gasteiger partial charge in [-0.05, 0) is 49.4 Å².